The fraction of sp³-hybridized carbons (Fsp3) is 0.400. The molecule has 0 amide bonds. The zero-order chi connectivity index (χ0) is 16.4. The van der Waals surface area contributed by atoms with Gasteiger partial charge in [-0.2, -0.15) is 0 Å². The van der Waals surface area contributed by atoms with E-state index in [1.54, 1.807) is 6.07 Å². The number of nitrogens with zero attached hydrogens (tertiary/aromatic N) is 2. The molecule has 23 heavy (non-hydrogen) atoms. The molecule has 8 heteroatoms. The molecule has 6 nitrogen and oxygen atoms in total. The molecule has 0 atom stereocenters. The molecule has 0 radical (unpaired) electrons. The highest BCUT2D eigenvalue weighted by Crippen LogP contribution is 2.36. The number of hydrogen-bond donors (Lipinski definition) is 2. The summed E-state index contributed by atoms with van der Waals surface area (Å²) in [6, 6.07) is 5.61. The van der Waals surface area contributed by atoms with Crippen molar-refractivity contribution in [2.75, 3.05) is 0 Å². The summed E-state index contributed by atoms with van der Waals surface area (Å²) in [7, 11) is 0. The van der Waals surface area contributed by atoms with Crippen LogP contribution in [0, 0.1) is 0 Å². The average Bonchev–Trinajstić information content (AvgIpc) is 2.95. The highest BCUT2D eigenvalue weighted by Gasteiger charge is 2.26. The second kappa shape index (κ2) is 6.76. The fourth-order valence-corrected chi connectivity index (χ4v) is 3.47. The molecule has 1 aromatic heterocycles. The Bertz CT molecular complexity index is 691. The highest BCUT2D eigenvalue weighted by molar-refractivity contribution is 6.34. The molecule has 2 N–H and O–H groups in total. The highest BCUT2D eigenvalue weighted by atomic mass is 35.5. The van der Waals surface area contributed by atoms with Crippen LogP contribution in [0.5, 0.6) is 5.88 Å². The molecule has 0 saturated heterocycles. The van der Waals surface area contributed by atoms with Crippen molar-refractivity contribution in [1.29, 1.82) is 0 Å². The molecule has 0 spiro atoms. The Balaban J connectivity index is 1.62. The van der Waals surface area contributed by atoms with Gasteiger partial charge in [-0.3, -0.25) is 0 Å². The summed E-state index contributed by atoms with van der Waals surface area (Å²) in [5.74, 6) is -0.707. The minimum Gasteiger partial charge on any atom is -0.476 e. The van der Waals surface area contributed by atoms with Crippen LogP contribution in [0.3, 0.4) is 0 Å². The van der Waals surface area contributed by atoms with E-state index < -0.39 is 5.97 Å². The van der Waals surface area contributed by atoms with E-state index in [9.17, 15) is 4.79 Å². The maximum absolute atomic E-state index is 11.0. The van der Waals surface area contributed by atoms with Gasteiger partial charge in [0, 0.05) is 10.0 Å². The summed E-state index contributed by atoms with van der Waals surface area (Å²) in [5.41, 5.74) is 1.02. The number of H-pyrrole nitrogens is 1. The Morgan fingerprint density at radius 3 is 2.43 bits per heavy atom. The van der Waals surface area contributed by atoms with E-state index in [-0.39, 0.29) is 17.7 Å². The number of ether oxygens (including phenoxy) is 1. The summed E-state index contributed by atoms with van der Waals surface area (Å²) in [6.45, 7) is 0. The van der Waals surface area contributed by atoms with Gasteiger partial charge in [-0.15, -0.1) is 0 Å². The van der Waals surface area contributed by atoms with Gasteiger partial charge in [0.05, 0.1) is 0 Å². The third kappa shape index (κ3) is 3.76. The molecule has 1 aliphatic carbocycles. The molecular weight excluding hydrogens is 341 g/mol. The van der Waals surface area contributed by atoms with Gasteiger partial charge in [0.1, 0.15) is 6.10 Å². The van der Waals surface area contributed by atoms with E-state index in [0.29, 0.717) is 16.0 Å². The number of halogens is 2. The zero-order valence-corrected chi connectivity index (χ0v) is 13.6. The molecule has 3 rings (SSSR count). The van der Waals surface area contributed by atoms with Crippen molar-refractivity contribution < 1.29 is 14.6 Å². The van der Waals surface area contributed by atoms with E-state index in [4.69, 9.17) is 33.0 Å². The van der Waals surface area contributed by atoms with Crippen molar-refractivity contribution in [2.24, 2.45) is 0 Å². The van der Waals surface area contributed by atoms with Crippen LogP contribution in [-0.2, 0) is 0 Å². The minimum atomic E-state index is -1.13. The predicted octanol–water partition coefficient (Wildman–Crippen LogP) is 3.91. The van der Waals surface area contributed by atoms with Crippen LogP contribution in [0.2, 0.25) is 10.0 Å². The topological polar surface area (TPSA) is 88.1 Å². The average molecular weight is 356 g/mol. The van der Waals surface area contributed by atoms with E-state index >= 15 is 0 Å². The van der Waals surface area contributed by atoms with Gasteiger partial charge in [-0.05, 0) is 55.4 Å². The van der Waals surface area contributed by atoms with Crippen molar-refractivity contribution in [3.05, 3.63) is 39.5 Å². The number of aromatic amines is 1. The number of rotatable bonds is 4. The van der Waals surface area contributed by atoms with E-state index in [0.717, 1.165) is 31.2 Å². The maximum atomic E-state index is 11.0. The second-order valence-corrected chi connectivity index (χ2v) is 6.46. The van der Waals surface area contributed by atoms with Crippen molar-refractivity contribution in [1.82, 2.24) is 15.4 Å². The third-order valence-corrected chi connectivity index (χ3v) is 4.48. The number of carboxylic acids is 1. The Hall–Kier alpha value is -1.79. The lowest BCUT2D eigenvalue weighted by molar-refractivity contribution is 0.0678. The number of aromatic carboxylic acids is 1. The first-order chi connectivity index (χ1) is 11.0. The monoisotopic (exact) mass is 355 g/mol. The first-order valence-electron chi connectivity index (χ1n) is 7.30. The second-order valence-electron chi connectivity index (χ2n) is 5.59. The van der Waals surface area contributed by atoms with Crippen LogP contribution in [0.4, 0.5) is 0 Å². The summed E-state index contributed by atoms with van der Waals surface area (Å²) >= 11 is 12.1. The summed E-state index contributed by atoms with van der Waals surface area (Å²) in [6.07, 6.45) is 3.38. The molecule has 0 unspecified atom stereocenters. The van der Waals surface area contributed by atoms with Gasteiger partial charge in [-0.1, -0.05) is 33.5 Å². The molecule has 1 aliphatic rings. The van der Waals surface area contributed by atoms with E-state index in [1.165, 1.54) is 0 Å². The SMILES string of the molecule is O=C(O)c1[nH]nnc1O[C@H]1CC[C@@H](c2cc(Cl)cc(Cl)c2)CC1. The molecule has 122 valence electrons. The first kappa shape index (κ1) is 16.1. The Labute approximate surface area is 142 Å². The molecule has 1 aromatic carbocycles. The minimum absolute atomic E-state index is 0.0479. The maximum Gasteiger partial charge on any atom is 0.359 e. The lowest BCUT2D eigenvalue weighted by Gasteiger charge is -2.28. The number of carboxylic acid groups (broad SMARTS) is 1. The lowest BCUT2D eigenvalue weighted by atomic mass is 9.83. The van der Waals surface area contributed by atoms with Crippen LogP contribution in [-0.4, -0.2) is 32.6 Å². The Morgan fingerprint density at radius 2 is 1.83 bits per heavy atom. The summed E-state index contributed by atoms with van der Waals surface area (Å²) < 4.78 is 5.68. The summed E-state index contributed by atoms with van der Waals surface area (Å²) in [4.78, 5) is 11.0. The predicted molar refractivity (Wildman–Crippen MR) is 85.4 cm³/mol. The Kier molecular flexibility index (Phi) is 4.73. The number of carbonyl (C=O) groups is 1. The normalized spacial score (nSPS) is 21.1. The molecule has 1 fully saturated rings. The summed E-state index contributed by atoms with van der Waals surface area (Å²) in [5, 5.41) is 19.8. The molecule has 2 aromatic rings. The van der Waals surface area contributed by atoms with Gasteiger partial charge >= 0.3 is 5.97 Å². The zero-order valence-electron chi connectivity index (χ0n) is 12.1. The van der Waals surface area contributed by atoms with E-state index in [1.807, 2.05) is 12.1 Å². The van der Waals surface area contributed by atoms with Crippen LogP contribution >= 0.6 is 23.2 Å². The molecule has 0 bridgehead atoms. The van der Waals surface area contributed by atoms with Crippen LogP contribution in [0.25, 0.3) is 0 Å². The third-order valence-electron chi connectivity index (χ3n) is 4.04. The largest absolute Gasteiger partial charge is 0.476 e. The lowest BCUT2D eigenvalue weighted by Crippen LogP contribution is -2.24. The fourth-order valence-electron chi connectivity index (χ4n) is 2.92. The Morgan fingerprint density at radius 1 is 1.17 bits per heavy atom. The van der Waals surface area contributed by atoms with Gasteiger partial charge < -0.3 is 9.84 Å². The van der Waals surface area contributed by atoms with Crippen LogP contribution in [0.15, 0.2) is 18.2 Å². The smallest absolute Gasteiger partial charge is 0.359 e. The van der Waals surface area contributed by atoms with Crippen LogP contribution in [0.1, 0.15) is 47.7 Å². The quantitative estimate of drug-likeness (QED) is 0.867. The van der Waals surface area contributed by atoms with Gasteiger partial charge in [0.25, 0.3) is 5.88 Å². The number of aromatic nitrogens is 3. The van der Waals surface area contributed by atoms with Crippen molar-refractivity contribution in [3.63, 3.8) is 0 Å². The molecular formula is C15H15Cl2N3O3. The molecule has 0 aliphatic heterocycles. The van der Waals surface area contributed by atoms with Crippen molar-refractivity contribution in [2.45, 2.75) is 37.7 Å². The van der Waals surface area contributed by atoms with Gasteiger partial charge in [0.2, 0.25) is 5.69 Å². The number of hydrogen-bond acceptors (Lipinski definition) is 4. The van der Waals surface area contributed by atoms with E-state index in [2.05, 4.69) is 15.4 Å². The van der Waals surface area contributed by atoms with Crippen LogP contribution < -0.4 is 4.74 Å². The van der Waals surface area contributed by atoms with Gasteiger partial charge in [0.15, 0.2) is 0 Å². The van der Waals surface area contributed by atoms with Crippen molar-refractivity contribution >= 4 is 29.2 Å². The number of benzene rings is 1. The number of nitrogens with one attached hydrogen (secondary N) is 1. The molecule has 1 saturated carbocycles. The molecule has 1 heterocycles. The first-order valence-corrected chi connectivity index (χ1v) is 8.05. The van der Waals surface area contributed by atoms with Crippen molar-refractivity contribution in [3.8, 4) is 5.88 Å². The standard InChI is InChI=1S/C15H15Cl2N3O3/c16-10-5-9(6-11(17)7-10)8-1-3-12(4-2-8)23-14-13(15(21)22)18-20-19-14/h5-8,12H,1-4H2,(H,21,22)(H,18,19,20)/t8-,12+. The van der Waals surface area contributed by atoms with Gasteiger partial charge in [-0.25, -0.2) is 9.89 Å².